The summed E-state index contributed by atoms with van der Waals surface area (Å²) in [6, 6.07) is 1.07. The number of benzene rings is 1. The smallest absolute Gasteiger partial charge is 0.381 e. The van der Waals surface area contributed by atoms with Crippen molar-refractivity contribution in [2.45, 2.75) is 50.9 Å². The number of aryl methyl sites for hydroxylation is 2. The molecule has 1 aliphatic carbocycles. The molecular formula is C23H25F4N7O2. The van der Waals surface area contributed by atoms with Gasteiger partial charge in [-0.15, -0.1) is 0 Å². The van der Waals surface area contributed by atoms with Crippen LogP contribution in [0.4, 0.5) is 33.7 Å². The van der Waals surface area contributed by atoms with Crippen molar-refractivity contribution in [3.63, 3.8) is 0 Å². The number of nitrogens with zero attached hydrogens (tertiary/aromatic N) is 3. The first-order chi connectivity index (χ1) is 16.9. The second kappa shape index (κ2) is 9.72. The largest absolute Gasteiger partial charge is 0.419 e. The minimum absolute atomic E-state index is 0.0374. The van der Waals surface area contributed by atoms with Gasteiger partial charge in [0.25, 0.3) is 5.91 Å². The zero-order valence-electron chi connectivity index (χ0n) is 19.5. The molecule has 13 heteroatoms. The molecule has 3 amide bonds. The van der Waals surface area contributed by atoms with Crippen molar-refractivity contribution in [3.05, 3.63) is 47.0 Å². The number of anilines is 2. The van der Waals surface area contributed by atoms with E-state index < -0.39 is 29.5 Å². The number of carbonyl (C=O) groups is 2. The molecule has 0 spiro atoms. The van der Waals surface area contributed by atoms with Crippen LogP contribution in [0.2, 0.25) is 0 Å². The Morgan fingerprint density at radius 2 is 1.86 bits per heavy atom. The van der Waals surface area contributed by atoms with Crippen LogP contribution in [0.3, 0.4) is 0 Å². The maximum atomic E-state index is 13.5. The molecule has 0 saturated heterocycles. The van der Waals surface area contributed by atoms with E-state index in [-0.39, 0.29) is 23.3 Å². The number of hydrogen-bond donors (Lipinski definition) is 4. The first kappa shape index (κ1) is 25.4. The Hall–Kier alpha value is -3.74. The van der Waals surface area contributed by atoms with Crippen LogP contribution in [0.25, 0.3) is 11.0 Å². The Bertz CT molecular complexity index is 1310. The summed E-state index contributed by atoms with van der Waals surface area (Å²) in [5.74, 6) is -2.30. The van der Waals surface area contributed by atoms with Gasteiger partial charge in [0.05, 0.1) is 27.9 Å². The van der Waals surface area contributed by atoms with Gasteiger partial charge >= 0.3 is 12.2 Å². The first-order valence-corrected chi connectivity index (χ1v) is 11.3. The van der Waals surface area contributed by atoms with E-state index in [0.717, 1.165) is 31.7 Å². The molecule has 192 valence electrons. The van der Waals surface area contributed by atoms with E-state index in [4.69, 9.17) is 5.73 Å². The van der Waals surface area contributed by atoms with Gasteiger partial charge in [-0.05, 0) is 50.8 Å². The summed E-state index contributed by atoms with van der Waals surface area (Å²) >= 11 is 0. The van der Waals surface area contributed by atoms with E-state index in [1.54, 1.807) is 18.7 Å². The van der Waals surface area contributed by atoms with Crippen molar-refractivity contribution in [3.8, 4) is 0 Å². The summed E-state index contributed by atoms with van der Waals surface area (Å²) in [6.07, 6.45) is -0.419. The van der Waals surface area contributed by atoms with E-state index in [9.17, 15) is 27.2 Å². The van der Waals surface area contributed by atoms with E-state index in [0.29, 0.717) is 34.5 Å². The number of amides is 3. The van der Waals surface area contributed by atoms with Crippen LogP contribution in [0.15, 0.2) is 24.4 Å². The van der Waals surface area contributed by atoms with Crippen molar-refractivity contribution in [1.82, 2.24) is 20.1 Å². The summed E-state index contributed by atoms with van der Waals surface area (Å²) in [6.45, 7) is 1.77. The van der Waals surface area contributed by atoms with Gasteiger partial charge in [-0.2, -0.15) is 18.3 Å². The molecule has 1 aliphatic rings. The van der Waals surface area contributed by atoms with Crippen LogP contribution < -0.4 is 21.7 Å². The van der Waals surface area contributed by atoms with E-state index >= 15 is 0 Å². The molecule has 0 atom stereocenters. The van der Waals surface area contributed by atoms with E-state index in [2.05, 4.69) is 26.0 Å². The summed E-state index contributed by atoms with van der Waals surface area (Å²) in [4.78, 5) is 29.8. The summed E-state index contributed by atoms with van der Waals surface area (Å²) in [5, 5.41) is 12.6. The molecule has 0 aliphatic heterocycles. The lowest BCUT2D eigenvalue weighted by Gasteiger charge is -2.28. The van der Waals surface area contributed by atoms with Crippen molar-refractivity contribution < 1.29 is 27.2 Å². The Balaban J connectivity index is 1.59. The third kappa shape index (κ3) is 5.25. The molecule has 1 saturated carbocycles. The zero-order chi connectivity index (χ0) is 26.2. The highest BCUT2D eigenvalue weighted by Gasteiger charge is 2.34. The number of nitrogens with two attached hydrogens (primary N) is 1. The number of carbonyl (C=O) groups excluding carboxylic acids is 2. The molecule has 3 aromatic rings. The molecule has 0 unspecified atom stereocenters. The number of hydrogen-bond acceptors (Lipinski definition) is 6. The predicted molar refractivity (Wildman–Crippen MR) is 125 cm³/mol. The Morgan fingerprint density at radius 3 is 2.53 bits per heavy atom. The minimum Gasteiger partial charge on any atom is -0.381 e. The fourth-order valence-corrected chi connectivity index (χ4v) is 4.35. The Morgan fingerprint density at radius 1 is 1.17 bits per heavy atom. The van der Waals surface area contributed by atoms with Crippen LogP contribution in [0.5, 0.6) is 0 Å². The zero-order valence-corrected chi connectivity index (χ0v) is 19.5. The van der Waals surface area contributed by atoms with Crippen molar-refractivity contribution >= 4 is 34.3 Å². The van der Waals surface area contributed by atoms with Gasteiger partial charge in [-0.1, -0.05) is 0 Å². The van der Waals surface area contributed by atoms with Crippen LogP contribution in [-0.2, 0) is 13.2 Å². The second-order valence-corrected chi connectivity index (χ2v) is 8.81. The van der Waals surface area contributed by atoms with Gasteiger partial charge in [-0.3, -0.25) is 14.8 Å². The average Bonchev–Trinajstić information content (AvgIpc) is 3.09. The van der Waals surface area contributed by atoms with E-state index in [1.165, 1.54) is 6.20 Å². The molecule has 0 radical (unpaired) electrons. The SMILES string of the molecule is Cc1nn(C)c2ncc(C(=O)NC(=O)Nc3ccc(F)c(C(F)(F)F)c3)c(NC3CCC(N)CC3)c12. The number of fused-ring (bicyclic) bond motifs is 1. The molecule has 9 nitrogen and oxygen atoms in total. The third-order valence-corrected chi connectivity index (χ3v) is 6.15. The van der Waals surface area contributed by atoms with Crippen molar-refractivity contribution in [2.75, 3.05) is 10.6 Å². The molecule has 36 heavy (non-hydrogen) atoms. The molecule has 4 rings (SSSR count). The average molecular weight is 507 g/mol. The summed E-state index contributed by atoms with van der Waals surface area (Å²) in [5.41, 5.74) is 5.82. The van der Waals surface area contributed by atoms with Crippen molar-refractivity contribution in [1.29, 1.82) is 0 Å². The highest BCUT2D eigenvalue weighted by atomic mass is 19.4. The second-order valence-electron chi connectivity index (χ2n) is 8.81. The van der Waals surface area contributed by atoms with Crippen molar-refractivity contribution in [2.24, 2.45) is 12.8 Å². The molecule has 1 aromatic carbocycles. The number of urea groups is 1. The highest BCUT2D eigenvalue weighted by molar-refractivity contribution is 6.13. The number of rotatable bonds is 4. The topological polar surface area (TPSA) is 127 Å². The van der Waals surface area contributed by atoms with Crippen LogP contribution in [0, 0.1) is 12.7 Å². The maximum Gasteiger partial charge on any atom is 0.419 e. The number of pyridine rings is 1. The van der Waals surface area contributed by atoms with Crippen LogP contribution >= 0.6 is 0 Å². The lowest BCUT2D eigenvalue weighted by molar-refractivity contribution is -0.139. The minimum atomic E-state index is -4.94. The molecule has 2 aromatic heterocycles. The van der Waals surface area contributed by atoms with Gasteiger partial charge < -0.3 is 16.4 Å². The third-order valence-electron chi connectivity index (χ3n) is 6.15. The molecule has 5 N–H and O–H groups in total. The quantitative estimate of drug-likeness (QED) is 0.394. The Kier molecular flexibility index (Phi) is 6.85. The fourth-order valence-electron chi connectivity index (χ4n) is 4.35. The Labute approximate surface area is 203 Å². The molecule has 2 heterocycles. The predicted octanol–water partition coefficient (Wildman–Crippen LogP) is 4.08. The van der Waals surface area contributed by atoms with Gasteiger partial charge in [-0.25, -0.2) is 14.2 Å². The number of aromatic nitrogens is 3. The number of alkyl halides is 3. The maximum absolute atomic E-state index is 13.5. The van der Waals surface area contributed by atoms with Gasteiger partial charge in [0, 0.05) is 31.0 Å². The van der Waals surface area contributed by atoms with E-state index in [1.807, 2.05) is 0 Å². The monoisotopic (exact) mass is 507 g/mol. The normalized spacial score (nSPS) is 18.2. The number of halogens is 4. The first-order valence-electron chi connectivity index (χ1n) is 11.3. The number of imide groups is 1. The summed E-state index contributed by atoms with van der Waals surface area (Å²) < 4.78 is 54.0. The highest BCUT2D eigenvalue weighted by Crippen LogP contribution is 2.33. The van der Waals surface area contributed by atoms with Gasteiger partial charge in [0.1, 0.15) is 5.82 Å². The standard InChI is InChI=1S/C23H25F4N7O2/c1-11-18-19(30-13-5-3-12(28)4-6-13)15(10-29-20(18)34(2)33-11)21(35)32-22(36)31-14-7-8-17(24)16(9-14)23(25,26)27/h7-10,12-13H,3-6,28H2,1-2H3,(H,29,30)(H2,31,32,35,36). The summed E-state index contributed by atoms with van der Waals surface area (Å²) in [7, 11) is 1.72. The number of nitrogens with one attached hydrogen (secondary N) is 3. The molecule has 0 bridgehead atoms. The molecule has 1 fully saturated rings. The van der Waals surface area contributed by atoms with Crippen LogP contribution in [-0.4, -0.2) is 38.8 Å². The lowest BCUT2D eigenvalue weighted by atomic mass is 9.91. The van der Waals surface area contributed by atoms with Gasteiger partial charge in [0.15, 0.2) is 5.65 Å². The molecular weight excluding hydrogens is 482 g/mol. The fraction of sp³-hybridized carbons (Fsp3) is 0.391. The lowest BCUT2D eigenvalue weighted by Crippen LogP contribution is -2.36. The van der Waals surface area contributed by atoms with Crippen LogP contribution in [0.1, 0.15) is 47.3 Å². The van der Waals surface area contributed by atoms with Gasteiger partial charge in [0.2, 0.25) is 0 Å².